The number of tetrazole rings is 1. The van der Waals surface area contributed by atoms with E-state index in [1.807, 2.05) is 54.6 Å². The highest BCUT2D eigenvalue weighted by Crippen LogP contribution is 2.23. The van der Waals surface area contributed by atoms with Crippen LogP contribution in [0.25, 0.3) is 28.1 Å². The first-order chi connectivity index (χ1) is 14.3. The zero-order valence-electron chi connectivity index (χ0n) is 15.1. The molecule has 5 aromatic rings. The molecule has 0 aliphatic rings. The van der Waals surface area contributed by atoms with Gasteiger partial charge in [-0.3, -0.25) is 4.79 Å². The van der Waals surface area contributed by atoms with Gasteiger partial charge in [-0.1, -0.05) is 30.3 Å². The summed E-state index contributed by atoms with van der Waals surface area (Å²) in [7, 11) is 0. The first-order valence-electron chi connectivity index (χ1n) is 8.96. The van der Waals surface area contributed by atoms with Gasteiger partial charge in [0.1, 0.15) is 12.2 Å². The molecule has 2 N–H and O–H groups in total. The second kappa shape index (κ2) is 7.01. The molecular formula is C21H15N7O. The van der Waals surface area contributed by atoms with E-state index in [2.05, 4.69) is 30.8 Å². The molecule has 1 amide bonds. The van der Waals surface area contributed by atoms with Crippen LogP contribution in [0.1, 0.15) is 10.4 Å². The molecule has 0 aliphatic heterocycles. The van der Waals surface area contributed by atoms with Crippen LogP contribution < -0.4 is 5.32 Å². The molecule has 8 nitrogen and oxygen atoms in total. The Labute approximate surface area is 165 Å². The predicted octanol–water partition coefficient (Wildman–Crippen LogP) is 3.46. The maximum atomic E-state index is 12.7. The van der Waals surface area contributed by atoms with Crippen molar-refractivity contribution in [2.45, 2.75) is 0 Å². The molecule has 0 atom stereocenters. The number of amides is 1. The number of rotatable bonds is 4. The second-order valence-corrected chi connectivity index (χ2v) is 6.44. The lowest BCUT2D eigenvalue weighted by atomic mass is 10.1. The molecule has 0 spiro atoms. The van der Waals surface area contributed by atoms with Gasteiger partial charge in [0.2, 0.25) is 0 Å². The van der Waals surface area contributed by atoms with Gasteiger partial charge in [0, 0.05) is 16.8 Å². The molecule has 8 heteroatoms. The summed E-state index contributed by atoms with van der Waals surface area (Å²) in [4.78, 5) is 20.6. The number of hydrogen-bond donors (Lipinski definition) is 2. The number of benzene rings is 3. The lowest BCUT2D eigenvalue weighted by Gasteiger charge is -2.08. The number of aromatic amines is 1. The smallest absolute Gasteiger partial charge is 0.255 e. The van der Waals surface area contributed by atoms with Crippen molar-refractivity contribution < 1.29 is 4.79 Å². The first-order valence-corrected chi connectivity index (χ1v) is 8.96. The zero-order chi connectivity index (χ0) is 19.6. The normalized spacial score (nSPS) is 10.9. The van der Waals surface area contributed by atoms with Gasteiger partial charge in [-0.05, 0) is 52.9 Å². The van der Waals surface area contributed by atoms with Crippen molar-refractivity contribution in [1.29, 1.82) is 0 Å². The lowest BCUT2D eigenvalue weighted by molar-refractivity contribution is 0.102. The Morgan fingerprint density at radius 2 is 1.86 bits per heavy atom. The highest BCUT2D eigenvalue weighted by atomic mass is 16.1. The van der Waals surface area contributed by atoms with Crippen LogP contribution in [0, 0.1) is 0 Å². The minimum absolute atomic E-state index is 0.221. The lowest BCUT2D eigenvalue weighted by Crippen LogP contribution is -2.12. The fourth-order valence-electron chi connectivity index (χ4n) is 3.11. The Bertz CT molecular complexity index is 1270. The number of nitrogens with one attached hydrogen (secondary N) is 2. The number of carbonyl (C=O) groups excluding carboxylic acids is 1. The SMILES string of the molecule is O=C(Nc1cccc(-c2nc3ccccc3[nH]2)c1)c1cccc(-n2cnnn2)c1. The van der Waals surface area contributed by atoms with Gasteiger partial charge in [0.15, 0.2) is 0 Å². The van der Waals surface area contributed by atoms with Crippen molar-refractivity contribution in [2.24, 2.45) is 0 Å². The third kappa shape index (κ3) is 3.34. The molecule has 2 aromatic heterocycles. The monoisotopic (exact) mass is 381 g/mol. The van der Waals surface area contributed by atoms with Crippen molar-refractivity contribution in [1.82, 2.24) is 30.2 Å². The van der Waals surface area contributed by atoms with Gasteiger partial charge in [-0.15, -0.1) is 5.10 Å². The summed E-state index contributed by atoms with van der Waals surface area (Å²) in [5.74, 6) is 0.532. The van der Waals surface area contributed by atoms with Crippen LogP contribution in [-0.4, -0.2) is 36.1 Å². The molecular weight excluding hydrogens is 366 g/mol. The third-order valence-corrected chi connectivity index (χ3v) is 4.51. The summed E-state index contributed by atoms with van der Waals surface area (Å²) in [6, 6.07) is 22.5. The molecule has 29 heavy (non-hydrogen) atoms. The van der Waals surface area contributed by atoms with E-state index in [1.165, 1.54) is 11.0 Å². The Balaban J connectivity index is 1.40. The van der Waals surface area contributed by atoms with Gasteiger partial charge in [0.05, 0.1) is 16.7 Å². The second-order valence-electron chi connectivity index (χ2n) is 6.44. The molecule has 5 rings (SSSR count). The number of nitrogens with zero attached hydrogens (tertiary/aromatic N) is 5. The zero-order valence-corrected chi connectivity index (χ0v) is 15.1. The Kier molecular flexibility index (Phi) is 4.06. The largest absolute Gasteiger partial charge is 0.338 e. The maximum Gasteiger partial charge on any atom is 0.255 e. The Morgan fingerprint density at radius 3 is 2.72 bits per heavy atom. The number of anilines is 1. The minimum Gasteiger partial charge on any atom is -0.338 e. The average Bonchev–Trinajstić information content (AvgIpc) is 3.44. The molecule has 0 bridgehead atoms. The van der Waals surface area contributed by atoms with Crippen LogP contribution in [0.15, 0.2) is 79.1 Å². The van der Waals surface area contributed by atoms with Crippen LogP contribution in [-0.2, 0) is 0 Å². The van der Waals surface area contributed by atoms with E-state index in [1.54, 1.807) is 18.2 Å². The van der Waals surface area contributed by atoms with Gasteiger partial charge < -0.3 is 10.3 Å². The number of fused-ring (bicyclic) bond motifs is 1. The van der Waals surface area contributed by atoms with Crippen LogP contribution in [0.4, 0.5) is 5.69 Å². The van der Waals surface area contributed by atoms with E-state index >= 15 is 0 Å². The van der Waals surface area contributed by atoms with Gasteiger partial charge in [-0.2, -0.15) is 0 Å². The summed E-state index contributed by atoms with van der Waals surface area (Å²) >= 11 is 0. The number of hydrogen-bond acceptors (Lipinski definition) is 5. The molecule has 2 heterocycles. The fraction of sp³-hybridized carbons (Fsp3) is 0. The summed E-state index contributed by atoms with van der Waals surface area (Å²) < 4.78 is 1.50. The summed E-state index contributed by atoms with van der Waals surface area (Å²) in [6.07, 6.45) is 1.48. The highest BCUT2D eigenvalue weighted by Gasteiger charge is 2.10. The maximum absolute atomic E-state index is 12.7. The number of imidazole rings is 1. The summed E-state index contributed by atoms with van der Waals surface area (Å²) in [6.45, 7) is 0. The van der Waals surface area contributed by atoms with Gasteiger partial charge >= 0.3 is 0 Å². The van der Waals surface area contributed by atoms with Crippen molar-refractivity contribution >= 4 is 22.6 Å². The molecule has 0 fully saturated rings. The van der Waals surface area contributed by atoms with E-state index in [4.69, 9.17) is 0 Å². The van der Waals surface area contributed by atoms with Crippen molar-refractivity contribution in [3.8, 4) is 17.1 Å². The van der Waals surface area contributed by atoms with Crippen LogP contribution in [0.5, 0.6) is 0 Å². The Morgan fingerprint density at radius 1 is 0.966 bits per heavy atom. The van der Waals surface area contributed by atoms with Crippen LogP contribution in [0.3, 0.4) is 0 Å². The number of para-hydroxylation sites is 2. The predicted molar refractivity (Wildman–Crippen MR) is 109 cm³/mol. The van der Waals surface area contributed by atoms with Gasteiger partial charge in [0.25, 0.3) is 5.91 Å². The van der Waals surface area contributed by atoms with E-state index in [9.17, 15) is 4.79 Å². The highest BCUT2D eigenvalue weighted by molar-refractivity contribution is 6.04. The quantitative estimate of drug-likeness (QED) is 0.496. The van der Waals surface area contributed by atoms with Crippen molar-refractivity contribution in [3.05, 3.63) is 84.7 Å². The van der Waals surface area contributed by atoms with Crippen LogP contribution in [0.2, 0.25) is 0 Å². The fourth-order valence-corrected chi connectivity index (χ4v) is 3.11. The molecule has 140 valence electrons. The molecule has 0 radical (unpaired) electrons. The molecule has 3 aromatic carbocycles. The van der Waals surface area contributed by atoms with E-state index in [0.717, 1.165) is 22.4 Å². The summed E-state index contributed by atoms with van der Waals surface area (Å²) in [5, 5.41) is 14.0. The molecule has 0 unspecified atom stereocenters. The first kappa shape index (κ1) is 16.8. The molecule has 0 aliphatic carbocycles. The third-order valence-electron chi connectivity index (χ3n) is 4.51. The van der Waals surface area contributed by atoms with Crippen molar-refractivity contribution in [3.63, 3.8) is 0 Å². The van der Waals surface area contributed by atoms with E-state index in [-0.39, 0.29) is 5.91 Å². The van der Waals surface area contributed by atoms with E-state index in [0.29, 0.717) is 16.9 Å². The Hall–Kier alpha value is -4.33. The van der Waals surface area contributed by atoms with Crippen LogP contribution >= 0.6 is 0 Å². The number of aromatic nitrogens is 6. The average molecular weight is 381 g/mol. The summed E-state index contributed by atoms with van der Waals surface area (Å²) in [5.41, 5.74) is 4.65. The minimum atomic E-state index is -0.221. The molecule has 0 saturated heterocycles. The molecule has 0 saturated carbocycles. The van der Waals surface area contributed by atoms with Gasteiger partial charge in [-0.25, -0.2) is 9.67 Å². The van der Waals surface area contributed by atoms with E-state index < -0.39 is 0 Å². The number of H-pyrrole nitrogens is 1. The number of carbonyl (C=O) groups is 1. The van der Waals surface area contributed by atoms with Crippen molar-refractivity contribution in [2.75, 3.05) is 5.32 Å². The standard InChI is InChI=1S/C21H15N7O/c29-21(15-6-4-8-17(12-15)28-13-22-26-27-28)23-16-7-3-5-14(11-16)20-24-18-9-1-2-10-19(18)25-20/h1-13H,(H,23,29)(H,24,25). The topological polar surface area (TPSA) is 101 Å².